The van der Waals surface area contributed by atoms with Gasteiger partial charge in [-0.2, -0.15) is 5.10 Å². The standard InChI is InChI=1S/C19H30N4O3S/c1-3-4-11-26-17-6-5-16(14-18(17)24-2)15-21-22-19(27)20-7-8-23-9-12-25-13-10-23/h5-6,14-15H,3-4,7-13H2,1-2H3,(H2,20,22,27)/b21-15+. The fourth-order valence-electron chi connectivity index (χ4n) is 2.57. The quantitative estimate of drug-likeness (QED) is 0.272. The number of hydrazone groups is 1. The molecule has 1 aliphatic heterocycles. The number of rotatable bonds is 10. The topological polar surface area (TPSA) is 67.4 Å². The van der Waals surface area contributed by atoms with E-state index in [1.165, 1.54) is 0 Å². The monoisotopic (exact) mass is 394 g/mol. The van der Waals surface area contributed by atoms with E-state index in [0.29, 0.717) is 17.5 Å². The fraction of sp³-hybridized carbons (Fsp3) is 0.579. The molecule has 8 heteroatoms. The Hall–Kier alpha value is -1.90. The highest BCUT2D eigenvalue weighted by Gasteiger charge is 2.09. The van der Waals surface area contributed by atoms with Crippen LogP contribution in [0.25, 0.3) is 0 Å². The number of nitrogens with one attached hydrogen (secondary N) is 2. The number of morpholine rings is 1. The number of hydrogen-bond acceptors (Lipinski definition) is 6. The molecular weight excluding hydrogens is 364 g/mol. The molecule has 0 unspecified atom stereocenters. The van der Waals surface area contributed by atoms with Crippen LogP contribution >= 0.6 is 12.2 Å². The maximum absolute atomic E-state index is 5.73. The van der Waals surface area contributed by atoms with Crippen molar-refractivity contribution in [3.05, 3.63) is 23.8 Å². The molecule has 0 atom stereocenters. The van der Waals surface area contributed by atoms with Gasteiger partial charge in [0.2, 0.25) is 0 Å². The molecule has 1 heterocycles. The first-order chi connectivity index (χ1) is 13.2. The maximum Gasteiger partial charge on any atom is 0.187 e. The molecule has 2 rings (SSSR count). The summed E-state index contributed by atoms with van der Waals surface area (Å²) in [5.74, 6) is 1.44. The molecule has 1 aromatic carbocycles. The van der Waals surface area contributed by atoms with E-state index in [2.05, 4.69) is 27.7 Å². The first-order valence-electron chi connectivity index (χ1n) is 9.40. The number of nitrogens with zero attached hydrogens (tertiary/aromatic N) is 2. The van der Waals surface area contributed by atoms with Crippen molar-refractivity contribution in [3.63, 3.8) is 0 Å². The molecule has 0 radical (unpaired) electrons. The Labute approximate surface area is 167 Å². The average Bonchev–Trinajstić information content (AvgIpc) is 2.70. The van der Waals surface area contributed by atoms with Crippen LogP contribution in [-0.4, -0.2) is 69.3 Å². The zero-order valence-corrected chi connectivity index (χ0v) is 17.0. The zero-order valence-electron chi connectivity index (χ0n) is 16.2. The van der Waals surface area contributed by atoms with Gasteiger partial charge < -0.3 is 19.5 Å². The third kappa shape index (κ3) is 8.11. The number of thiocarbonyl (C=S) groups is 1. The second-order valence-corrected chi connectivity index (χ2v) is 6.60. The molecule has 1 fully saturated rings. The van der Waals surface area contributed by atoms with E-state index in [0.717, 1.165) is 63.5 Å². The molecule has 2 N–H and O–H groups in total. The normalized spacial score (nSPS) is 14.9. The van der Waals surface area contributed by atoms with E-state index in [4.69, 9.17) is 26.4 Å². The lowest BCUT2D eigenvalue weighted by Gasteiger charge is -2.26. The van der Waals surface area contributed by atoms with Gasteiger partial charge >= 0.3 is 0 Å². The van der Waals surface area contributed by atoms with Crippen molar-refractivity contribution >= 4 is 23.5 Å². The van der Waals surface area contributed by atoms with Gasteiger partial charge in [0.25, 0.3) is 0 Å². The van der Waals surface area contributed by atoms with E-state index in [-0.39, 0.29) is 0 Å². The summed E-state index contributed by atoms with van der Waals surface area (Å²) in [6, 6.07) is 5.72. The minimum absolute atomic E-state index is 0.506. The Morgan fingerprint density at radius 3 is 2.89 bits per heavy atom. The maximum atomic E-state index is 5.73. The molecule has 1 aromatic rings. The molecule has 0 amide bonds. The molecule has 1 saturated heterocycles. The fourth-order valence-corrected chi connectivity index (χ4v) is 2.72. The number of unbranched alkanes of at least 4 members (excludes halogenated alkanes) is 1. The lowest BCUT2D eigenvalue weighted by molar-refractivity contribution is 0.0389. The summed E-state index contributed by atoms with van der Waals surface area (Å²) in [7, 11) is 1.63. The first-order valence-corrected chi connectivity index (χ1v) is 9.81. The van der Waals surface area contributed by atoms with E-state index in [9.17, 15) is 0 Å². The molecule has 1 aliphatic rings. The Balaban J connectivity index is 1.73. The third-order valence-electron chi connectivity index (χ3n) is 4.14. The minimum atomic E-state index is 0.506. The van der Waals surface area contributed by atoms with Gasteiger partial charge in [-0.25, -0.2) is 0 Å². The van der Waals surface area contributed by atoms with E-state index in [1.807, 2.05) is 18.2 Å². The van der Waals surface area contributed by atoms with Crippen molar-refractivity contribution in [1.82, 2.24) is 15.6 Å². The van der Waals surface area contributed by atoms with Gasteiger partial charge in [0.05, 0.1) is 33.1 Å². The van der Waals surface area contributed by atoms with Gasteiger partial charge in [-0.1, -0.05) is 13.3 Å². The first kappa shape index (κ1) is 21.4. The molecule has 27 heavy (non-hydrogen) atoms. The Bertz CT molecular complexity index is 607. The van der Waals surface area contributed by atoms with Crippen molar-refractivity contribution in [2.75, 3.05) is 53.1 Å². The Kier molecular flexibility index (Phi) is 9.89. The number of hydrogen-bond donors (Lipinski definition) is 2. The van der Waals surface area contributed by atoms with Gasteiger partial charge in [0, 0.05) is 26.2 Å². The summed E-state index contributed by atoms with van der Waals surface area (Å²) in [4.78, 5) is 2.35. The predicted molar refractivity (Wildman–Crippen MR) is 112 cm³/mol. The Morgan fingerprint density at radius 2 is 2.15 bits per heavy atom. The molecule has 150 valence electrons. The smallest absolute Gasteiger partial charge is 0.187 e. The van der Waals surface area contributed by atoms with Crippen molar-refractivity contribution in [1.29, 1.82) is 0 Å². The van der Waals surface area contributed by atoms with Crippen LogP contribution in [0.4, 0.5) is 0 Å². The van der Waals surface area contributed by atoms with Crippen LogP contribution in [-0.2, 0) is 4.74 Å². The minimum Gasteiger partial charge on any atom is -0.493 e. The summed E-state index contributed by atoms with van der Waals surface area (Å²) in [6.45, 7) is 8.09. The predicted octanol–water partition coefficient (Wildman–Crippen LogP) is 2.00. The van der Waals surface area contributed by atoms with E-state index >= 15 is 0 Å². The van der Waals surface area contributed by atoms with E-state index < -0.39 is 0 Å². The molecular formula is C19H30N4O3S. The number of methoxy groups -OCH3 is 1. The summed E-state index contributed by atoms with van der Waals surface area (Å²) < 4.78 is 16.5. The molecule has 7 nitrogen and oxygen atoms in total. The second kappa shape index (κ2) is 12.5. The molecule has 0 aliphatic carbocycles. The van der Waals surface area contributed by atoms with Crippen molar-refractivity contribution < 1.29 is 14.2 Å². The largest absolute Gasteiger partial charge is 0.493 e. The van der Waals surface area contributed by atoms with E-state index in [1.54, 1.807) is 13.3 Å². The van der Waals surface area contributed by atoms with Crippen LogP contribution in [0.5, 0.6) is 11.5 Å². The highest BCUT2D eigenvalue weighted by Crippen LogP contribution is 2.27. The number of ether oxygens (including phenoxy) is 3. The average molecular weight is 395 g/mol. The van der Waals surface area contributed by atoms with Gasteiger partial charge in [-0.05, 0) is 42.4 Å². The van der Waals surface area contributed by atoms with Gasteiger partial charge in [0.1, 0.15) is 0 Å². The summed E-state index contributed by atoms with van der Waals surface area (Å²) in [5.41, 5.74) is 3.74. The molecule has 0 spiro atoms. The zero-order chi connectivity index (χ0) is 19.3. The van der Waals surface area contributed by atoms with Gasteiger partial charge in [-0.3, -0.25) is 10.3 Å². The summed E-state index contributed by atoms with van der Waals surface area (Å²) in [6.07, 6.45) is 3.82. The van der Waals surface area contributed by atoms with Crippen molar-refractivity contribution in [2.45, 2.75) is 19.8 Å². The lowest BCUT2D eigenvalue weighted by Crippen LogP contribution is -2.42. The molecule has 0 aromatic heterocycles. The number of benzene rings is 1. The van der Waals surface area contributed by atoms with Gasteiger partial charge in [0.15, 0.2) is 16.6 Å². The molecule has 0 saturated carbocycles. The van der Waals surface area contributed by atoms with Crippen LogP contribution in [0.15, 0.2) is 23.3 Å². The van der Waals surface area contributed by atoms with Crippen LogP contribution < -0.4 is 20.2 Å². The van der Waals surface area contributed by atoms with Crippen LogP contribution in [0.3, 0.4) is 0 Å². The summed E-state index contributed by atoms with van der Waals surface area (Å²) in [5, 5.41) is 7.84. The highest BCUT2D eigenvalue weighted by molar-refractivity contribution is 7.80. The lowest BCUT2D eigenvalue weighted by atomic mass is 10.2. The van der Waals surface area contributed by atoms with Crippen molar-refractivity contribution in [3.8, 4) is 11.5 Å². The Morgan fingerprint density at radius 1 is 1.33 bits per heavy atom. The van der Waals surface area contributed by atoms with Crippen LogP contribution in [0.1, 0.15) is 25.3 Å². The van der Waals surface area contributed by atoms with Gasteiger partial charge in [-0.15, -0.1) is 0 Å². The molecule has 0 bridgehead atoms. The summed E-state index contributed by atoms with van der Waals surface area (Å²) >= 11 is 5.24. The van der Waals surface area contributed by atoms with Crippen LogP contribution in [0, 0.1) is 0 Å². The SMILES string of the molecule is CCCCOc1ccc(/C=N/NC(=S)NCCN2CCOCC2)cc1OC. The van der Waals surface area contributed by atoms with Crippen molar-refractivity contribution in [2.24, 2.45) is 5.10 Å². The highest BCUT2D eigenvalue weighted by atomic mass is 32.1. The second-order valence-electron chi connectivity index (χ2n) is 6.19. The van der Waals surface area contributed by atoms with Crippen LogP contribution in [0.2, 0.25) is 0 Å². The third-order valence-corrected chi connectivity index (χ3v) is 4.38.